The largest absolute Gasteiger partial charge is 0.393 e. The predicted molar refractivity (Wildman–Crippen MR) is 61.2 cm³/mol. The minimum absolute atomic E-state index is 0.0346. The number of hydrogen-bond donors (Lipinski definition) is 0. The fourth-order valence-electron chi connectivity index (χ4n) is 1.90. The average Bonchev–Trinajstić information content (AvgIpc) is 2.97. The lowest BCUT2D eigenvalue weighted by Gasteiger charge is -2.20. The molecule has 0 N–H and O–H groups in total. The van der Waals surface area contributed by atoms with Crippen LogP contribution < -0.4 is 0 Å². The summed E-state index contributed by atoms with van der Waals surface area (Å²) in [6.45, 7) is 0.207. The first-order valence-electron chi connectivity index (χ1n) is 5.87. The molecule has 2 heterocycles. The zero-order valence-electron chi connectivity index (χ0n) is 10.6. The average molecular weight is 305 g/mol. The highest BCUT2D eigenvalue weighted by molar-refractivity contribution is 5.20. The maximum Gasteiger partial charge on any atom is 0.393 e. The molecule has 0 atom stereocenters. The van der Waals surface area contributed by atoms with Gasteiger partial charge in [0.2, 0.25) is 5.66 Å². The Morgan fingerprint density at radius 1 is 1.33 bits per heavy atom. The summed E-state index contributed by atoms with van der Waals surface area (Å²) in [4.78, 5) is 9.87. The zero-order valence-corrected chi connectivity index (χ0v) is 10.6. The molecule has 114 valence electrons. The normalized spacial score (nSPS) is 16.5. The minimum Gasteiger partial charge on any atom is -0.266 e. The fraction of sp³-hybridized carbons (Fsp3) is 0.667. The lowest BCUT2D eigenvalue weighted by molar-refractivity contribution is -0.385. The molecule has 1 aliphatic heterocycles. The molecule has 1 aromatic rings. The summed E-state index contributed by atoms with van der Waals surface area (Å²) < 4.78 is 38.8. The van der Waals surface area contributed by atoms with E-state index in [0.29, 0.717) is 0 Å². The molecule has 0 fully saturated rings. The molecule has 12 heteroatoms. The molecular weight excluding hydrogens is 295 g/mol. The standard InChI is InChI=1S/C9H10F3N7O2/c10-9(11,12)6-8(14-16-17-15-8)2-1-3-18-5-7(4-13-18)19(20)21/h4-5H,1-3,6H2. The summed E-state index contributed by atoms with van der Waals surface area (Å²) >= 11 is 0. The van der Waals surface area contributed by atoms with E-state index in [1.807, 2.05) is 0 Å². The Morgan fingerprint density at radius 2 is 2.00 bits per heavy atom. The van der Waals surface area contributed by atoms with Crippen molar-refractivity contribution in [1.29, 1.82) is 0 Å². The second-order valence-electron chi connectivity index (χ2n) is 4.48. The lowest BCUT2D eigenvalue weighted by Crippen LogP contribution is -2.29. The van der Waals surface area contributed by atoms with Crippen LogP contribution in [-0.2, 0) is 6.54 Å². The third-order valence-corrected chi connectivity index (χ3v) is 2.78. The Bertz CT molecular complexity index is 568. The number of alkyl halides is 3. The highest BCUT2D eigenvalue weighted by Crippen LogP contribution is 2.37. The minimum atomic E-state index is -4.44. The van der Waals surface area contributed by atoms with Crippen LogP contribution in [0.2, 0.25) is 0 Å². The van der Waals surface area contributed by atoms with Crippen LogP contribution in [-0.4, -0.2) is 26.5 Å². The van der Waals surface area contributed by atoms with Crippen LogP contribution in [0.4, 0.5) is 18.9 Å². The van der Waals surface area contributed by atoms with Gasteiger partial charge in [0, 0.05) is 6.54 Å². The van der Waals surface area contributed by atoms with Crippen molar-refractivity contribution >= 4 is 5.69 Å². The molecule has 0 bridgehead atoms. The second-order valence-corrected chi connectivity index (χ2v) is 4.48. The van der Waals surface area contributed by atoms with Crippen LogP contribution in [0.1, 0.15) is 19.3 Å². The number of nitrogens with zero attached hydrogens (tertiary/aromatic N) is 7. The zero-order chi connectivity index (χ0) is 15.5. The van der Waals surface area contributed by atoms with Crippen molar-refractivity contribution in [2.45, 2.75) is 37.6 Å². The summed E-state index contributed by atoms with van der Waals surface area (Å²) in [6, 6.07) is 0. The molecular formula is C9H10F3N7O2. The van der Waals surface area contributed by atoms with Gasteiger partial charge in [-0.15, -0.1) is 10.2 Å². The molecule has 9 nitrogen and oxygen atoms in total. The monoisotopic (exact) mass is 305 g/mol. The van der Waals surface area contributed by atoms with Gasteiger partial charge < -0.3 is 0 Å². The van der Waals surface area contributed by atoms with E-state index in [2.05, 4.69) is 25.8 Å². The first-order valence-corrected chi connectivity index (χ1v) is 5.87. The third-order valence-electron chi connectivity index (χ3n) is 2.78. The van der Waals surface area contributed by atoms with E-state index >= 15 is 0 Å². The Morgan fingerprint density at radius 3 is 2.52 bits per heavy atom. The van der Waals surface area contributed by atoms with Crippen LogP contribution in [0.5, 0.6) is 0 Å². The van der Waals surface area contributed by atoms with Crippen molar-refractivity contribution in [3.8, 4) is 0 Å². The van der Waals surface area contributed by atoms with Gasteiger partial charge in [-0.1, -0.05) is 0 Å². The number of aromatic nitrogens is 2. The lowest BCUT2D eigenvalue weighted by atomic mass is 10.0. The molecule has 21 heavy (non-hydrogen) atoms. The van der Waals surface area contributed by atoms with E-state index in [1.54, 1.807) is 0 Å². The molecule has 0 aromatic carbocycles. The number of hydrogen-bond acceptors (Lipinski definition) is 7. The van der Waals surface area contributed by atoms with Crippen molar-refractivity contribution < 1.29 is 18.1 Å². The number of halogens is 3. The molecule has 0 aliphatic carbocycles. The summed E-state index contributed by atoms with van der Waals surface area (Å²) in [5.41, 5.74) is -1.91. The van der Waals surface area contributed by atoms with Crippen LogP contribution in [0.3, 0.4) is 0 Å². The van der Waals surface area contributed by atoms with Crippen LogP contribution >= 0.6 is 0 Å². The van der Waals surface area contributed by atoms with Crippen molar-refractivity contribution in [2.75, 3.05) is 0 Å². The van der Waals surface area contributed by atoms with Gasteiger partial charge in [0.25, 0.3) is 0 Å². The van der Waals surface area contributed by atoms with Crippen molar-refractivity contribution in [2.24, 2.45) is 20.7 Å². The summed E-state index contributed by atoms with van der Waals surface area (Å²) in [5.74, 6) is 0. The van der Waals surface area contributed by atoms with E-state index in [9.17, 15) is 23.3 Å². The first-order chi connectivity index (χ1) is 9.80. The Labute approximate surface area is 115 Å². The van der Waals surface area contributed by atoms with E-state index in [4.69, 9.17) is 0 Å². The molecule has 2 rings (SSSR count). The second kappa shape index (κ2) is 5.54. The number of rotatable bonds is 6. The smallest absolute Gasteiger partial charge is 0.266 e. The Balaban J connectivity index is 1.92. The molecule has 0 saturated carbocycles. The van der Waals surface area contributed by atoms with Crippen LogP contribution in [0, 0.1) is 10.1 Å². The van der Waals surface area contributed by atoms with Gasteiger partial charge in [-0.3, -0.25) is 14.8 Å². The summed E-state index contributed by atoms with van der Waals surface area (Å²) in [5, 5.41) is 27.4. The fourth-order valence-corrected chi connectivity index (χ4v) is 1.90. The first kappa shape index (κ1) is 15.0. The van der Waals surface area contributed by atoms with Crippen LogP contribution in [0.25, 0.3) is 0 Å². The molecule has 0 unspecified atom stereocenters. The van der Waals surface area contributed by atoms with Gasteiger partial charge in [0.05, 0.1) is 11.3 Å². The van der Waals surface area contributed by atoms with Gasteiger partial charge in [0.1, 0.15) is 12.4 Å². The molecule has 0 saturated heterocycles. The van der Waals surface area contributed by atoms with E-state index < -0.39 is 23.2 Å². The van der Waals surface area contributed by atoms with Gasteiger partial charge >= 0.3 is 11.9 Å². The van der Waals surface area contributed by atoms with E-state index in [1.165, 1.54) is 10.9 Å². The Hall–Kier alpha value is -2.40. The topological polar surface area (TPSA) is 110 Å². The molecule has 0 radical (unpaired) electrons. The van der Waals surface area contributed by atoms with Gasteiger partial charge in [-0.2, -0.15) is 18.3 Å². The van der Waals surface area contributed by atoms with Crippen molar-refractivity contribution in [1.82, 2.24) is 9.78 Å². The molecule has 0 spiro atoms. The highest BCUT2D eigenvalue weighted by atomic mass is 19.4. The molecule has 1 aromatic heterocycles. The van der Waals surface area contributed by atoms with Gasteiger partial charge in [-0.25, -0.2) is 0 Å². The van der Waals surface area contributed by atoms with Gasteiger partial charge in [-0.05, 0) is 23.3 Å². The maximum atomic E-state index is 12.5. The quantitative estimate of drug-likeness (QED) is 0.594. The Kier molecular flexibility index (Phi) is 3.95. The molecule has 1 aliphatic rings. The van der Waals surface area contributed by atoms with E-state index in [-0.39, 0.29) is 25.1 Å². The number of nitro groups is 1. The van der Waals surface area contributed by atoms with E-state index in [0.717, 1.165) is 6.20 Å². The third kappa shape index (κ3) is 4.03. The SMILES string of the molecule is O=[N+]([O-])c1cnn(CCCC2(CC(F)(F)F)N=NN=N2)c1. The van der Waals surface area contributed by atoms with Crippen molar-refractivity contribution in [3.63, 3.8) is 0 Å². The highest BCUT2D eigenvalue weighted by Gasteiger charge is 2.44. The molecule has 0 amide bonds. The van der Waals surface area contributed by atoms with Crippen molar-refractivity contribution in [3.05, 3.63) is 22.5 Å². The van der Waals surface area contributed by atoms with Gasteiger partial charge in [0.15, 0.2) is 0 Å². The number of aryl methyl sites for hydroxylation is 1. The maximum absolute atomic E-state index is 12.5. The summed E-state index contributed by atoms with van der Waals surface area (Å²) in [6.07, 6.45) is -3.20. The predicted octanol–water partition coefficient (Wildman–Crippen LogP) is 3.05. The van der Waals surface area contributed by atoms with Crippen LogP contribution in [0.15, 0.2) is 33.1 Å². The summed E-state index contributed by atoms with van der Waals surface area (Å²) in [7, 11) is 0.